The Bertz CT molecular complexity index is 322. The fraction of sp³-hybridized carbons (Fsp3) is 0.545. The predicted molar refractivity (Wildman–Crippen MR) is 57.8 cm³/mol. The van der Waals surface area contributed by atoms with E-state index in [1.54, 1.807) is 6.20 Å². The molecule has 1 aliphatic heterocycles. The SMILES string of the molecule is OCC(CO)Cc1cccnc1N1CC1. The molecule has 2 heterocycles. The third kappa shape index (κ3) is 2.46. The molecule has 1 aliphatic rings. The van der Waals surface area contributed by atoms with Crippen molar-refractivity contribution in [2.75, 3.05) is 31.2 Å². The topological polar surface area (TPSA) is 56.4 Å². The molecule has 0 amide bonds. The van der Waals surface area contributed by atoms with Gasteiger partial charge in [0, 0.05) is 38.4 Å². The number of hydrogen-bond donors (Lipinski definition) is 2. The molecule has 0 unspecified atom stereocenters. The van der Waals surface area contributed by atoms with E-state index in [0.29, 0.717) is 6.42 Å². The summed E-state index contributed by atoms with van der Waals surface area (Å²) in [6.07, 6.45) is 2.47. The lowest BCUT2D eigenvalue weighted by Gasteiger charge is -2.14. The summed E-state index contributed by atoms with van der Waals surface area (Å²) in [6, 6.07) is 3.91. The summed E-state index contributed by atoms with van der Waals surface area (Å²) in [4.78, 5) is 6.51. The lowest BCUT2D eigenvalue weighted by molar-refractivity contribution is 0.150. The van der Waals surface area contributed by atoms with Gasteiger partial charge in [0.1, 0.15) is 5.82 Å². The van der Waals surface area contributed by atoms with Crippen molar-refractivity contribution in [2.45, 2.75) is 6.42 Å². The molecule has 0 radical (unpaired) electrons. The fourth-order valence-electron chi connectivity index (χ4n) is 1.63. The first kappa shape index (κ1) is 10.4. The zero-order valence-corrected chi connectivity index (χ0v) is 8.63. The highest BCUT2D eigenvalue weighted by molar-refractivity contribution is 5.51. The summed E-state index contributed by atoms with van der Waals surface area (Å²) in [7, 11) is 0. The lowest BCUT2D eigenvalue weighted by atomic mass is 10.0. The van der Waals surface area contributed by atoms with Crippen LogP contribution in [0.3, 0.4) is 0 Å². The van der Waals surface area contributed by atoms with E-state index in [2.05, 4.69) is 9.88 Å². The third-order valence-electron chi connectivity index (χ3n) is 2.64. The fourth-order valence-corrected chi connectivity index (χ4v) is 1.63. The van der Waals surface area contributed by atoms with Crippen molar-refractivity contribution in [3.05, 3.63) is 23.9 Å². The summed E-state index contributed by atoms with van der Waals surface area (Å²) >= 11 is 0. The first-order valence-corrected chi connectivity index (χ1v) is 5.25. The van der Waals surface area contributed by atoms with Crippen molar-refractivity contribution in [1.29, 1.82) is 0 Å². The molecule has 2 N–H and O–H groups in total. The molecule has 1 aromatic heterocycles. The summed E-state index contributed by atoms with van der Waals surface area (Å²) in [5.74, 6) is 0.928. The maximum atomic E-state index is 9.04. The van der Waals surface area contributed by atoms with Gasteiger partial charge in [-0.2, -0.15) is 0 Å². The minimum atomic E-state index is -0.0760. The van der Waals surface area contributed by atoms with Gasteiger partial charge in [0.15, 0.2) is 0 Å². The number of rotatable bonds is 5. The van der Waals surface area contributed by atoms with E-state index in [0.717, 1.165) is 24.5 Å². The largest absolute Gasteiger partial charge is 0.396 e. The molecule has 1 aromatic rings. The van der Waals surface area contributed by atoms with Crippen molar-refractivity contribution in [3.63, 3.8) is 0 Å². The Hall–Kier alpha value is -1.13. The Kier molecular flexibility index (Phi) is 3.18. The number of nitrogens with zero attached hydrogens (tertiary/aromatic N) is 2. The van der Waals surface area contributed by atoms with Crippen LogP contribution in [0, 0.1) is 5.92 Å². The molecule has 82 valence electrons. The van der Waals surface area contributed by atoms with Crippen LogP contribution in [-0.2, 0) is 6.42 Å². The van der Waals surface area contributed by atoms with Gasteiger partial charge < -0.3 is 15.1 Å². The summed E-state index contributed by atoms with van der Waals surface area (Å²) in [5.41, 5.74) is 1.11. The average molecular weight is 208 g/mol. The molecule has 0 aliphatic carbocycles. The molecule has 0 saturated carbocycles. The molecule has 0 bridgehead atoms. The van der Waals surface area contributed by atoms with Crippen LogP contribution in [0.15, 0.2) is 18.3 Å². The van der Waals surface area contributed by atoms with E-state index in [-0.39, 0.29) is 19.1 Å². The van der Waals surface area contributed by atoms with Gasteiger partial charge in [0.25, 0.3) is 0 Å². The normalized spacial score (nSPS) is 14.7. The third-order valence-corrected chi connectivity index (χ3v) is 2.64. The van der Waals surface area contributed by atoms with Crippen LogP contribution in [0.2, 0.25) is 0 Å². The van der Waals surface area contributed by atoms with E-state index in [9.17, 15) is 0 Å². The van der Waals surface area contributed by atoms with Crippen LogP contribution in [-0.4, -0.2) is 41.5 Å². The molecule has 4 nitrogen and oxygen atoms in total. The zero-order valence-electron chi connectivity index (χ0n) is 8.63. The van der Waals surface area contributed by atoms with Crippen molar-refractivity contribution in [2.24, 2.45) is 5.92 Å². The zero-order chi connectivity index (χ0) is 10.7. The van der Waals surface area contributed by atoms with E-state index in [1.165, 1.54) is 0 Å². The van der Waals surface area contributed by atoms with E-state index in [4.69, 9.17) is 10.2 Å². The Morgan fingerprint density at radius 3 is 2.67 bits per heavy atom. The number of aliphatic hydroxyl groups excluding tert-OH is 2. The number of anilines is 1. The van der Waals surface area contributed by atoms with Crippen LogP contribution in [0.5, 0.6) is 0 Å². The van der Waals surface area contributed by atoms with Crippen LogP contribution in [0.25, 0.3) is 0 Å². The summed E-state index contributed by atoms with van der Waals surface area (Å²) < 4.78 is 0. The summed E-state index contributed by atoms with van der Waals surface area (Å²) in [5, 5.41) is 18.1. The summed E-state index contributed by atoms with van der Waals surface area (Å²) in [6.45, 7) is 2.16. The Morgan fingerprint density at radius 2 is 2.07 bits per heavy atom. The maximum Gasteiger partial charge on any atom is 0.131 e. The van der Waals surface area contributed by atoms with Gasteiger partial charge in [-0.15, -0.1) is 0 Å². The van der Waals surface area contributed by atoms with Crippen LogP contribution in [0.1, 0.15) is 5.56 Å². The first-order valence-electron chi connectivity index (χ1n) is 5.25. The van der Waals surface area contributed by atoms with Crippen LogP contribution in [0.4, 0.5) is 5.82 Å². The highest BCUT2D eigenvalue weighted by Crippen LogP contribution is 2.24. The second-order valence-electron chi connectivity index (χ2n) is 3.91. The van der Waals surface area contributed by atoms with Gasteiger partial charge in [-0.25, -0.2) is 4.98 Å². The Balaban J connectivity index is 2.12. The second kappa shape index (κ2) is 4.59. The number of pyridine rings is 1. The second-order valence-corrected chi connectivity index (χ2v) is 3.91. The molecule has 1 fully saturated rings. The standard InChI is InChI=1S/C11H16N2O2/c14-7-9(8-15)6-10-2-1-3-12-11(10)13-4-5-13/h1-3,9,14-15H,4-8H2. The van der Waals surface area contributed by atoms with Crippen LogP contribution >= 0.6 is 0 Å². The smallest absolute Gasteiger partial charge is 0.131 e. The Morgan fingerprint density at radius 1 is 1.33 bits per heavy atom. The van der Waals surface area contributed by atoms with Crippen molar-refractivity contribution >= 4 is 5.82 Å². The minimum absolute atomic E-state index is 0.0187. The minimum Gasteiger partial charge on any atom is -0.396 e. The molecular weight excluding hydrogens is 192 g/mol. The quantitative estimate of drug-likeness (QED) is 0.671. The average Bonchev–Trinajstić information content (AvgIpc) is 3.10. The molecule has 0 spiro atoms. The van der Waals surface area contributed by atoms with Gasteiger partial charge in [0.05, 0.1) is 0 Å². The van der Waals surface area contributed by atoms with Crippen LogP contribution < -0.4 is 4.90 Å². The van der Waals surface area contributed by atoms with Gasteiger partial charge >= 0.3 is 0 Å². The number of hydrogen-bond acceptors (Lipinski definition) is 4. The molecule has 0 aromatic carbocycles. The highest BCUT2D eigenvalue weighted by atomic mass is 16.3. The predicted octanol–water partition coefficient (Wildman–Crippen LogP) is 0.0449. The monoisotopic (exact) mass is 208 g/mol. The van der Waals surface area contributed by atoms with Gasteiger partial charge in [-0.1, -0.05) is 6.07 Å². The number of aromatic nitrogens is 1. The Labute approximate surface area is 89.2 Å². The van der Waals surface area contributed by atoms with Gasteiger partial charge in [-0.05, 0) is 18.1 Å². The van der Waals surface area contributed by atoms with Crippen molar-refractivity contribution in [1.82, 2.24) is 4.98 Å². The molecule has 2 rings (SSSR count). The van der Waals surface area contributed by atoms with Crippen molar-refractivity contribution in [3.8, 4) is 0 Å². The molecule has 1 saturated heterocycles. The number of aliphatic hydroxyl groups is 2. The molecule has 0 atom stereocenters. The maximum absolute atomic E-state index is 9.04. The lowest BCUT2D eigenvalue weighted by Crippen LogP contribution is -2.15. The van der Waals surface area contributed by atoms with Gasteiger partial charge in [-0.3, -0.25) is 0 Å². The highest BCUT2D eigenvalue weighted by Gasteiger charge is 2.23. The molecule has 15 heavy (non-hydrogen) atoms. The van der Waals surface area contributed by atoms with E-state index < -0.39 is 0 Å². The molecular formula is C11H16N2O2. The first-order chi connectivity index (χ1) is 7.35. The molecule has 4 heteroatoms. The van der Waals surface area contributed by atoms with Gasteiger partial charge in [0.2, 0.25) is 0 Å². The van der Waals surface area contributed by atoms with E-state index >= 15 is 0 Å². The van der Waals surface area contributed by atoms with Crippen molar-refractivity contribution < 1.29 is 10.2 Å². The van der Waals surface area contributed by atoms with E-state index in [1.807, 2.05) is 12.1 Å².